The lowest BCUT2D eigenvalue weighted by molar-refractivity contribution is 0.166. The fraction of sp³-hybridized carbons (Fsp3) is 0.600. The number of aromatic nitrogens is 3. The molecule has 1 aromatic carbocycles. The van der Waals surface area contributed by atoms with Crippen LogP contribution < -0.4 is 4.74 Å². The zero-order valence-corrected chi connectivity index (χ0v) is 15.2. The first-order valence-corrected chi connectivity index (χ1v) is 9.69. The van der Waals surface area contributed by atoms with Gasteiger partial charge >= 0.3 is 0 Å². The van der Waals surface area contributed by atoms with Crippen molar-refractivity contribution < 1.29 is 4.74 Å². The predicted octanol–water partition coefficient (Wildman–Crippen LogP) is 3.05. The van der Waals surface area contributed by atoms with Gasteiger partial charge in [0.1, 0.15) is 24.0 Å². The molecule has 0 amide bonds. The molecule has 2 aliphatic rings. The van der Waals surface area contributed by atoms with E-state index in [2.05, 4.69) is 50.9 Å². The standard InChI is InChI=1S/C20H28N4O/c1-2-16-6-3-8-18(14-16)25-13-12-23-10-4-7-17(15-23)20-22-21-19-9-5-11-24(19)20/h3,6,8,14,17H,2,4-5,7,9-13,15H2,1H3. The van der Waals surface area contributed by atoms with Gasteiger partial charge in [-0.3, -0.25) is 4.90 Å². The summed E-state index contributed by atoms with van der Waals surface area (Å²) in [5, 5.41) is 8.88. The number of piperidine rings is 1. The minimum absolute atomic E-state index is 0.525. The van der Waals surface area contributed by atoms with E-state index in [1.807, 2.05) is 0 Å². The molecule has 4 rings (SSSR count). The summed E-state index contributed by atoms with van der Waals surface area (Å²) in [4.78, 5) is 2.52. The maximum Gasteiger partial charge on any atom is 0.137 e. The Hall–Kier alpha value is -1.88. The molecule has 0 saturated carbocycles. The maximum absolute atomic E-state index is 5.98. The van der Waals surface area contributed by atoms with Crippen LogP contribution in [0, 0.1) is 0 Å². The topological polar surface area (TPSA) is 43.2 Å². The van der Waals surface area contributed by atoms with Crippen molar-refractivity contribution in [2.45, 2.75) is 51.5 Å². The first-order chi connectivity index (χ1) is 12.3. The van der Waals surface area contributed by atoms with Crippen LogP contribution >= 0.6 is 0 Å². The molecule has 3 heterocycles. The Morgan fingerprint density at radius 1 is 1.20 bits per heavy atom. The van der Waals surface area contributed by atoms with Gasteiger partial charge < -0.3 is 9.30 Å². The molecule has 5 nitrogen and oxygen atoms in total. The van der Waals surface area contributed by atoms with Crippen molar-refractivity contribution in [1.29, 1.82) is 0 Å². The molecule has 2 aliphatic heterocycles. The Balaban J connectivity index is 1.31. The molecule has 0 radical (unpaired) electrons. The van der Waals surface area contributed by atoms with E-state index >= 15 is 0 Å². The van der Waals surface area contributed by atoms with E-state index in [1.165, 1.54) is 36.5 Å². The summed E-state index contributed by atoms with van der Waals surface area (Å²) in [5.74, 6) is 3.92. The number of hydrogen-bond acceptors (Lipinski definition) is 4. The van der Waals surface area contributed by atoms with Gasteiger partial charge in [-0.15, -0.1) is 10.2 Å². The van der Waals surface area contributed by atoms with E-state index in [0.717, 1.165) is 51.4 Å². The Kier molecular flexibility index (Phi) is 5.02. The average Bonchev–Trinajstić information content (AvgIpc) is 3.26. The number of rotatable bonds is 6. The zero-order chi connectivity index (χ0) is 17.1. The number of ether oxygens (including phenoxy) is 1. The predicted molar refractivity (Wildman–Crippen MR) is 98.1 cm³/mol. The molecular formula is C20H28N4O. The summed E-state index contributed by atoms with van der Waals surface area (Å²) in [6, 6.07) is 8.44. The van der Waals surface area contributed by atoms with Crippen LogP contribution in [0.1, 0.15) is 49.3 Å². The van der Waals surface area contributed by atoms with E-state index in [4.69, 9.17) is 4.74 Å². The number of hydrogen-bond donors (Lipinski definition) is 0. The highest BCUT2D eigenvalue weighted by atomic mass is 16.5. The van der Waals surface area contributed by atoms with Crippen LogP contribution in [-0.2, 0) is 19.4 Å². The first-order valence-electron chi connectivity index (χ1n) is 9.69. The van der Waals surface area contributed by atoms with E-state index in [9.17, 15) is 0 Å². The summed E-state index contributed by atoms with van der Waals surface area (Å²) >= 11 is 0. The van der Waals surface area contributed by atoms with Crippen LogP contribution in [0.4, 0.5) is 0 Å². The van der Waals surface area contributed by atoms with Crippen molar-refractivity contribution in [3.63, 3.8) is 0 Å². The lowest BCUT2D eigenvalue weighted by Crippen LogP contribution is -2.37. The summed E-state index contributed by atoms with van der Waals surface area (Å²) in [6.45, 7) is 7.25. The van der Waals surface area contributed by atoms with Crippen LogP contribution in [0.2, 0.25) is 0 Å². The Morgan fingerprint density at radius 3 is 3.08 bits per heavy atom. The fourth-order valence-electron chi connectivity index (χ4n) is 4.09. The number of benzene rings is 1. The fourth-order valence-corrected chi connectivity index (χ4v) is 4.09. The van der Waals surface area contributed by atoms with Gasteiger partial charge in [0.15, 0.2) is 0 Å². The van der Waals surface area contributed by atoms with Gasteiger partial charge in [0.25, 0.3) is 0 Å². The molecule has 1 fully saturated rings. The highest BCUT2D eigenvalue weighted by molar-refractivity contribution is 5.28. The van der Waals surface area contributed by atoms with E-state index < -0.39 is 0 Å². The first kappa shape index (κ1) is 16.6. The van der Waals surface area contributed by atoms with Crippen molar-refractivity contribution in [1.82, 2.24) is 19.7 Å². The Morgan fingerprint density at radius 2 is 2.16 bits per heavy atom. The average molecular weight is 340 g/mol. The summed E-state index contributed by atoms with van der Waals surface area (Å²) in [6.07, 6.45) is 5.83. The van der Waals surface area contributed by atoms with Crippen LogP contribution in [0.25, 0.3) is 0 Å². The molecule has 2 aromatic rings. The number of fused-ring (bicyclic) bond motifs is 1. The largest absolute Gasteiger partial charge is 0.492 e. The van der Waals surface area contributed by atoms with Crippen molar-refractivity contribution in [2.24, 2.45) is 0 Å². The molecule has 0 bridgehead atoms. The van der Waals surface area contributed by atoms with Gasteiger partial charge in [-0.05, 0) is 49.9 Å². The van der Waals surface area contributed by atoms with Gasteiger partial charge in [0.2, 0.25) is 0 Å². The summed E-state index contributed by atoms with van der Waals surface area (Å²) in [5.41, 5.74) is 1.33. The quantitative estimate of drug-likeness (QED) is 0.811. The second-order valence-corrected chi connectivity index (χ2v) is 7.22. The van der Waals surface area contributed by atoms with Crippen molar-refractivity contribution in [2.75, 3.05) is 26.2 Å². The van der Waals surface area contributed by atoms with Gasteiger partial charge in [0.05, 0.1) is 0 Å². The monoisotopic (exact) mass is 340 g/mol. The summed E-state index contributed by atoms with van der Waals surface area (Å²) in [7, 11) is 0. The Bertz CT molecular complexity index is 711. The van der Waals surface area contributed by atoms with Gasteiger partial charge in [-0.2, -0.15) is 0 Å². The van der Waals surface area contributed by atoms with E-state index in [-0.39, 0.29) is 0 Å². The zero-order valence-electron chi connectivity index (χ0n) is 15.2. The third-order valence-electron chi connectivity index (χ3n) is 5.49. The third-order valence-corrected chi connectivity index (χ3v) is 5.49. The SMILES string of the molecule is CCc1cccc(OCCN2CCCC(c3nnc4n3CCC4)C2)c1. The van der Waals surface area contributed by atoms with Crippen molar-refractivity contribution in [3.05, 3.63) is 41.5 Å². The molecule has 1 aromatic heterocycles. The van der Waals surface area contributed by atoms with E-state index in [1.54, 1.807) is 0 Å². The smallest absolute Gasteiger partial charge is 0.137 e. The molecule has 1 saturated heterocycles. The minimum Gasteiger partial charge on any atom is -0.492 e. The molecule has 5 heteroatoms. The number of likely N-dealkylation sites (tertiary alicyclic amines) is 1. The molecular weight excluding hydrogens is 312 g/mol. The van der Waals surface area contributed by atoms with Gasteiger partial charge in [-0.25, -0.2) is 0 Å². The van der Waals surface area contributed by atoms with Crippen LogP contribution in [0.15, 0.2) is 24.3 Å². The number of nitrogens with zero attached hydrogens (tertiary/aromatic N) is 4. The molecule has 0 aliphatic carbocycles. The van der Waals surface area contributed by atoms with Gasteiger partial charge in [0, 0.05) is 32.0 Å². The van der Waals surface area contributed by atoms with Crippen LogP contribution in [-0.4, -0.2) is 45.9 Å². The normalized spacial score (nSPS) is 20.6. The van der Waals surface area contributed by atoms with Crippen LogP contribution in [0.5, 0.6) is 5.75 Å². The maximum atomic E-state index is 5.98. The molecule has 134 valence electrons. The Labute approximate surface area is 150 Å². The minimum atomic E-state index is 0.525. The molecule has 25 heavy (non-hydrogen) atoms. The van der Waals surface area contributed by atoms with E-state index in [0.29, 0.717) is 5.92 Å². The lowest BCUT2D eigenvalue weighted by Gasteiger charge is -2.32. The second-order valence-electron chi connectivity index (χ2n) is 7.22. The summed E-state index contributed by atoms with van der Waals surface area (Å²) < 4.78 is 8.34. The third kappa shape index (κ3) is 3.71. The molecule has 0 N–H and O–H groups in total. The molecule has 1 unspecified atom stereocenters. The lowest BCUT2D eigenvalue weighted by atomic mass is 9.97. The molecule has 0 spiro atoms. The number of aryl methyl sites for hydroxylation is 2. The molecule has 1 atom stereocenters. The van der Waals surface area contributed by atoms with Crippen LogP contribution in [0.3, 0.4) is 0 Å². The highest BCUT2D eigenvalue weighted by Crippen LogP contribution is 2.28. The highest BCUT2D eigenvalue weighted by Gasteiger charge is 2.28. The van der Waals surface area contributed by atoms with Gasteiger partial charge in [-0.1, -0.05) is 19.1 Å². The van der Waals surface area contributed by atoms with Crippen molar-refractivity contribution in [3.8, 4) is 5.75 Å². The van der Waals surface area contributed by atoms with Crippen molar-refractivity contribution >= 4 is 0 Å². The second kappa shape index (κ2) is 7.56.